The average Bonchev–Trinajstić information content (AvgIpc) is 2.40. The van der Waals surface area contributed by atoms with Gasteiger partial charge in [-0.15, -0.1) is 0 Å². The van der Waals surface area contributed by atoms with Gasteiger partial charge in [0.15, 0.2) is 0 Å². The molecule has 0 heterocycles. The molecule has 1 aromatic rings. The summed E-state index contributed by atoms with van der Waals surface area (Å²) in [7, 11) is 0. The number of amides is 2. The molecule has 6 heteroatoms. The monoisotopic (exact) mass is 342 g/mol. The van der Waals surface area contributed by atoms with Crippen LogP contribution < -0.4 is 5.32 Å². The van der Waals surface area contributed by atoms with Gasteiger partial charge in [-0.05, 0) is 38.0 Å². The van der Waals surface area contributed by atoms with E-state index in [0.29, 0.717) is 12.1 Å². The Hall–Kier alpha value is -1.56. The van der Waals surface area contributed by atoms with Crippen LogP contribution >= 0.6 is 15.9 Å². The molecule has 5 nitrogen and oxygen atoms in total. The maximum atomic E-state index is 12.2. The Labute approximate surface area is 127 Å². The fourth-order valence-corrected chi connectivity index (χ4v) is 2.09. The third-order valence-electron chi connectivity index (χ3n) is 3.20. The molecule has 1 unspecified atom stereocenters. The van der Waals surface area contributed by atoms with Crippen LogP contribution in [-0.2, 0) is 4.79 Å². The van der Waals surface area contributed by atoms with Crippen LogP contribution in [0.15, 0.2) is 22.7 Å². The lowest BCUT2D eigenvalue weighted by Gasteiger charge is -2.27. The third-order valence-corrected chi connectivity index (χ3v) is 4.06. The number of hydrogen-bond donors (Lipinski definition) is 2. The summed E-state index contributed by atoms with van der Waals surface area (Å²) in [5, 5.41) is 11.7. The van der Waals surface area contributed by atoms with Gasteiger partial charge in [0.25, 0.3) is 0 Å². The number of halogens is 1. The van der Waals surface area contributed by atoms with Gasteiger partial charge >= 0.3 is 12.0 Å². The van der Waals surface area contributed by atoms with Crippen LogP contribution in [0.25, 0.3) is 0 Å². The van der Waals surface area contributed by atoms with Gasteiger partial charge in [-0.2, -0.15) is 0 Å². The number of carbonyl (C=O) groups excluding carboxylic acids is 1. The second kappa shape index (κ2) is 7.28. The Morgan fingerprint density at radius 3 is 2.65 bits per heavy atom. The Morgan fingerprint density at radius 1 is 1.45 bits per heavy atom. The van der Waals surface area contributed by atoms with E-state index in [0.717, 1.165) is 10.0 Å². The van der Waals surface area contributed by atoms with Crippen LogP contribution in [-0.4, -0.2) is 34.6 Å². The summed E-state index contributed by atoms with van der Waals surface area (Å²) in [6, 6.07) is 4.95. The molecule has 110 valence electrons. The smallest absolute Gasteiger partial charge is 0.323 e. The minimum Gasteiger partial charge on any atom is -0.480 e. The van der Waals surface area contributed by atoms with Crippen molar-refractivity contribution in [2.24, 2.45) is 0 Å². The molecule has 1 aromatic carbocycles. The lowest BCUT2D eigenvalue weighted by molar-refractivity contribution is -0.138. The minimum absolute atomic E-state index is 0.140. The highest BCUT2D eigenvalue weighted by Gasteiger charge is 2.22. The molecule has 2 amide bonds. The predicted octanol–water partition coefficient (Wildman–Crippen LogP) is 3.47. The van der Waals surface area contributed by atoms with Crippen LogP contribution in [0.5, 0.6) is 0 Å². The van der Waals surface area contributed by atoms with Gasteiger partial charge in [0.05, 0.1) is 0 Å². The standard InChI is InChI=1S/C14H19BrN2O3/c1-4-9(2)17(8-13(18)19)14(20)16-12-7-5-6-11(15)10(12)3/h5-7,9H,4,8H2,1-3H3,(H,16,20)(H,18,19). The summed E-state index contributed by atoms with van der Waals surface area (Å²) >= 11 is 3.40. The number of benzene rings is 1. The highest BCUT2D eigenvalue weighted by Crippen LogP contribution is 2.24. The van der Waals surface area contributed by atoms with Crippen molar-refractivity contribution in [2.75, 3.05) is 11.9 Å². The van der Waals surface area contributed by atoms with Crippen LogP contribution in [0.3, 0.4) is 0 Å². The van der Waals surface area contributed by atoms with E-state index in [2.05, 4.69) is 21.2 Å². The molecule has 0 fully saturated rings. The Morgan fingerprint density at radius 2 is 2.10 bits per heavy atom. The normalized spacial score (nSPS) is 11.8. The zero-order valence-electron chi connectivity index (χ0n) is 11.8. The molecular formula is C14H19BrN2O3. The molecule has 1 atom stereocenters. The molecule has 0 aliphatic heterocycles. The van der Waals surface area contributed by atoms with E-state index >= 15 is 0 Å². The molecule has 0 saturated heterocycles. The Kier molecular flexibility index (Phi) is 6.01. The molecule has 2 N–H and O–H groups in total. The molecule has 1 rings (SSSR count). The van der Waals surface area contributed by atoms with Crippen LogP contribution in [0.1, 0.15) is 25.8 Å². The maximum absolute atomic E-state index is 12.2. The summed E-state index contributed by atoms with van der Waals surface area (Å²) in [6.07, 6.45) is 0.693. The van der Waals surface area contributed by atoms with E-state index in [4.69, 9.17) is 5.11 Å². The minimum atomic E-state index is -1.02. The molecule has 0 aromatic heterocycles. The number of carbonyl (C=O) groups is 2. The second-order valence-corrected chi connectivity index (χ2v) is 5.48. The fraction of sp³-hybridized carbons (Fsp3) is 0.429. The van der Waals surface area contributed by atoms with Crippen molar-refractivity contribution in [3.63, 3.8) is 0 Å². The van der Waals surface area contributed by atoms with E-state index in [1.165, 1.54) is 4.90 Å². The number of rotatable bonds is 5. The van der Waals surface area contributed by atoms with Crippen molar-refractivity contribution in [3.05, 3.63) is 28.2 Å². The van der Waals surface area contributed by atoms with Crippen LogP contribution in [0, 0.1) is 6.92 Å². The zero-order chi connectivity index (χ0) is 15.3. The first kappa shape index (κ1) is 16.5. The number of hydrogen-bond acceptors (Lipinski definition) is 2. The zero-order valence-corrected chi connectivity index (χ0v) is 13.4. The summed E-state index contributed by atoms with van der Waals surface area (Å²) in [6.45, 7) is 5.31. The molecule has 0 spiro atoms. The van der Waals surface area contributed by atoms with E-state index in [1.807, 2.05) is 32.9 Å². The topological polar surface area (TPSA) is 69.6 Å². The largest absolute Gasteiger partial charge is 0.480 e. The number of aliphatic carboxylic acids is 1. The highest BCUT2D eigenvalue weighted by molar-refractivity contribution is 9.10. The molecular weight excluding hydrogens is 324 g/mol. The third kappa shape index (κ3) is 4.23. The highest BCUT2D eigenvalue weighted by atomic mass is 79.9. The first-order valence-corrected chi connectivity index (χ1v) is 7.20. The van der Waals surface area contributed by atoms with Crippen molar-refractivity contribution in [1.29, 1.82) is 0 Å². The maximum Gasteiger partial charge on any atom is 0.323 e. The van der Waals surface area contributed by atoms with Gasteiger partial charge in [-0.25, -0.2) is 4.79 Å². The number of urea groups is 1. The van der Waals surface area contributed by atoms with E-state index in [9.17, 15) is 9.59 Å². The molecule has 0 saturated carbocycles. The molecule has 0 aliphatic carbocycles. The average molecular weight is 343 g/mol. The first-order valence-electron chi connectivity index (χ1n) is 6.41. The van der Waals surface area contributed by atoms with E-state index < -0.39 is 12.0 Å². The lowest BCUT2D eigenvalue weighted by atomic mass is 10.2. The molecule has 0 bridgehead atoms. The SMILES string of the molecule is CCC(C)N(CC(=O)O)C(=O)Nc1cccc(Br)c1C. The summed E-state index contributed by atoms with van der Waals surface area (Å²) < 4.78 is 0.892. The molecule has 20 heavy (non-hydrogen) atoms. The van der Waals surface area contributed by atoms with Gasteiger partial charge < -0.3 is 15.3 Å². The van der Waals surface area contributed by atoms with E-state index in [1.54, 1.807) is 6.07 Å². The van der Waals surface area contributed by atoms with Gasteiger partial charge in [0.2, 0.25) is 0 Å². The fourth-order valence-electron chi connectivity index (χ4n) is 1.72. The quantitative estimate of drug-likeness (QED) is 0.860. The number of carboxylic acids is 1. The summed E-state index contributed by atoms with van der Waals surface area (Å²) in [5.74, 6) is -1.02. The van der Waals surface area contributed by atoms with Crippen molar-refractivity contribution in [1.82, 2.24) is 4.90 Å². The summed E-state index contributed by atoms with van der Waals surface area (Å²) in [4.78, 5) is 24.4. The number of anilines is 1. The van der Waals surface area contributed by atoms with Crippen molar-refractivity contribution in [2.45, 2.75) is 33.2 Å². The van der Waals surface area contributed by atoms with Crippen LogP contribution in [0.4, 0.5) is 10.5 Å². The number of carboxylic acid groups (broad SMARTS) is 1. The lowest BCUT2D eigenvalue weighted by Crippen LogP contribution is -2.44. The van der Waals surface area contributed by atoms with E-state index in [-0.39, 0.29) is 12.6 Å². The van der Waals surface area contributed by atoms with Gasteiger partial charge in [-0.1, -0.05) is 28.9 Å². The molecule has 0 aliphatic rings. The molecule has 0 radical (unpaired) electrons. The predicted molar refractivity (Wildman–Crippen MR) is 82.0 cm³/mol. The van der Waals surface area contributed by atoms with Crippen molar-refractivity contribution >= 4 is 33.6 Å². The van der Waals surface area contributed by atoms with Crippen molar-refractivity contribution < 1.29 is 14.7 Å². The summed E-state index contributed by atoms with van der Waals surface area (Å²) in [5.41, 5.74) is 1.57. The van der Waals surface area contributed by atoms with Crippen LogP contribution in [0.2, 0.25) is 0 Å². The first-order chi connectivity index (χ1) is 9.36. The van der Waals surface area contributed by atoms with Gasteiger partial charge in [0.1, 0.15) is 6.54 Å². The van der Waals surface area contributed by atoms with Gasteiger partial charge in [0, 0.05) is 16.2 Å². The Bertz CT molecular complexity index is 505. The Balaban J connectivity index is 2.90. The van der Waals surface area contributed by atoms with Gasteiger partial charge in [-0.3, -0.25) is 4.79 Å². The second-order valence-electron chi connectivity index (χ2n) is 4.62. The number of nitrogens with zero attached hydrogens (tertiary/aromatic N) is 1. The number of nitrogens with one attached hydrogen (secondary N) is 1. The van der Waals surface area contributed by atoms with Crippen molar-refractivity contribution in [3.8, 4) is 0 Å².